The summed E-state index contributed by atoms with van der Waals surface area (Å²) in [7, 11) is 0. The van der Waals surface area contributed by atoms with Gasteiger partial charge in [0.2, 0.25) is 11.8 Å². The normalized spacial score (nSPS) is 28.2. The molecule has 2 aromatic rings. The van der Waals surface area contributed by atoms with Crippen LogP contribution in [0.3, 0.4) is 0 Å². The van der Waals surface area contributed by atoms with Gasteiger partial charge in [-0.15, -0.1) is 0 Å². The van der Waals surface area contributed by atoms with Crippen LogP contribution < -0.4 is 4.90 Å². The molecule has 0 aliphatic carbocycles. The lowest BCUT2D eigenvalue weighted by Gasteiger charge is -2.27. The van der Waals surface area contributed by atoms with Crippen molar-refractivity contribution in [1.29, 1.82) is 0 Å². The minimum Gasteiger partial charge on any atom is -0.292 e. The van der Waals surface area contributed by atoms with E-state index in [1.807, 2.05) is 4.90 Å². The summed E-state index contributed by atoms with van der Waals surface area (Å²) in [4.78, 5) is 42.8. The predicted octanol–water partition coefficient (Wildman–Crippen LogP) is 3.54. The molecular weight excluding hydrogens is 409 g/mol. The van der Waals surface area contributed by atoms with Crippen molar-refractivity contribution < 1.29 is 27.6 Å². The van der Waals surface area contributed by atoms with Crippen molar-refractivity contribution in [3.63, 3.8) is 0 Å². The molecule has 4 atom stereocenters. The lowest BCUT2D eigenvalue weighted by atomic mass is 9.85. The molecule has 3 heterocycles. The molecule has 0 bridgehead atoms. The number of amides is 2. The van der Waals surface area contributed by atoms with Crippen molar-refractivity contribution in [2.24, 2.45) is 11.8 Å². The fourth-order valence-electron chi connectivity index (χ4n) is 5.36. The van der Waals surface area contributed by atoms with E-state index in [1.165, 1.54) is 12.1 Å². The lowest BCUT2D eigenvalue weighted by molar-refractivity contribution is -0.137. The SMILES string of the molecule is O=C(c1ccccc1)[C@@H]1[C@H]2C(=O)N(c3cccc(C(F)(F)F)c3)C(=O)[C@@H]2[C@H]2CCCN21. The molecule has 3 fully saturated rings. The van der Waals surface area contributed by atoms with Gasteiger partial charge in [-0.25, -0.2) is 4.90 Å². The first-order chi connectivity index (χ1) is 14.8. The van der Waals surface area contributed by atoms with Gasteiger partial charge in [0.05, 0.1) is 29.1 Å². The Labute approximate surface area is 176 Å². The topological polar surface area (TPSA) is 57.7 Å². The van der Waals surface area contributed by atoms with Crippen LogP contribution in [0.15, 0.2) is 54.6 Å². The third-order valence-corrected chi connectivity index (χ3v) is 6.61. The van der Waals surface area contributed by atoms with E-state index in [4.69, 9.17) is 0 Å². The molecule has 0 N–H and O–H groups in total. The van der Waals surface area contributed by atoms with Crippen molar-refractivity contribution in [2.45, 2.75) is 31.1 Å². The van der Waals surface area contributed by atoms with E-state index < -0.39 is 41.4 Å². The van der Waals surface area contributed by atoms with Crippen LogP contribution in [0, 0.1) is 11.8 Å². The van der Waals surface area contributed by atoms with Gasteiger partial charge < -0.3 is 0 Å². The Hall–Kier alpha value is -3.00. The van der Waals surface area contributed by atoms with Gasteiger partial charge in [0.1, 0.15) is 0 Å². The predicted molar refractivity (Wildman–Crippen MR) is 105 cm³/mol. The quantitative estimate of drug-likeness (QED) is 0.554. The van der Waals surface area contributed by atoms with Crippen LogP contribution >= 0.6 is 0 Å². The first-order valence-corrected chi connectivity index (χ1v) is 10.2. The van der Waals surface area contributed by atoms with Crippen molar-refractivity contribution in [3.8, 4) is 0 Å². The Kier molecular flexibility index (Phi) is 4.51. The number of fused-ring (bicyclic) bond motifs is 3. The van der Waals surface area contributed by atoms with Crippen LogP contribution in [0.25, 0.3) is 0 Å². The van der Waals surface area contributed by atoms with Crippen molar-refractivity contribution >= 4 is 23.3 Å². The monoisotopic (exact) mass is 428 g/mol. The third kappa shape index (κ3) is 3.00. The fraction of sp³-hybridized carbons (Fsp3) is 0.348. The number of halogens is 3. The van der Waals surface area contributed by atoms with Crippen molar-refractivity contribution in [2.75, 3.05) is 11.4 Å². The lowest BCUT2D eigenvalue weighted by Crippen LogP contribution is -2.46. The molecule has 3 saturated heterocycles. The molecule has 5 rings (SSSR count). The van der Waals surface area contributed by atoms with E-state index in [1.54, 1.807) is 30.3 Å². The number of anilines is 1. The van der Waals surface area contributed by atoms with Crippen molar-refractivity contribution in [1.82, 2.24) is 4.90 Å². The zero-order valence-corrected chi connectivity index (χ0v) is 16.4. The van der Waals surface area contributed by atoms with Gasteiger partial charge >= 0.3 is 6.18 Å². The summed E-state index contributed by atoms with van der Waals surface area (Å²) < 4.78 is 39.5. The van der Waals surface area contributed by atoms with Gasteiger partial charge in [0.15, 0.2) is 5.78 Å². The first kappa shape index (κ1) is 19.9. The highest BCUT2D eigenvalue weighted by Crippen LogP contribution is 2.48. The number of carbonyl (C=O) groups excluding carboxylic acids is 3. The average molecular weight is 428 g/mol. The van der Waals surface area contributed by atoms with Crippen LogP contribution in [0.2, 0.25) is 0 Å². The van der Waals surface area contributed by atoms with E-state index in [0.29, 0.717) is 18.5 Å². The Bertz CT molecular complexity index is 1070. The number of imide groups is 1. The molecule has 2 amide bonds. The van der Waals surface area contributed by atoms with Gasteiger partial charge in [-0.3, -0.25) is 19.3 Å². The molecule has 3 aliphatic heterocycles. The smallest absolute Gasteiger partial charge is 0.292 e. The Balaban J connectivity index is 1.55. The second-order valence-electron chi connectivity index (χ2n) is 8.23. The van der Waals surface area contributed by atoms with Crippen LogP contribution in [0.4, 0.5) is 18.9 Å². The molecular formula is C23H19F3N2O3. The zero-order valence-electron chi connectivity index (χ0n) is 16.4. The molecule has 5 nitrogen and oxygen atoms in total. The molecule has 2 aromatic carbocycles. The molecule has 160 valence electrons. The maximum atomic E-state index is 13.4. The number of hydrogen-bond acceptors (Lipinski definition) is 4. The second kappa shape index (κ2) is 7.02. The highest BCUT2D eigenvalue weighted by atomic mass is 19.4. The van der Waals surface area contributed by atoms with Gasteiger partial charge in [-0.2, -0.15) is 13.2 Å². The molecule has 0 aromatic heterocycles. The van der Waals surface area contributed by atoms with E-state index >= 15 is 0 Å². The summed E-state index contributed by atoms with van der Waals surface area (Å²) in [6.45, 7) is 0.616. The number of benzene rings is 2. The Morgan fingerprint density at radius 3 is 2.35 bits per heavy atom. The van der Waals surface area contributed by atoms with Crippen LogP contribution in [0.1, 0.15) is 28.8 Å². The molecule has 3 aliphatic rings. The van der Waals surface area contributed by atoms with Gasteiger partial charge in [0.25, 0.3) is 0 Å². The number of carbonyl (C=O) groups is 3. The third-order valence-electron chi connectivity index (χ3n) is 6.61. The second-order valence-corrected chi connectivity index (χ2v) is 8.23. The van der Waals surface area contributed by atoms with E-state index in [2.05, 4.69) is 0 Å². The van der Waals surface area contributed by atoms with Gasteiger partial charge in [-0.1, -0.05) is 36.4 Å². The Morgan fingerprint density at radius 2 is 1.65 bits per heavy atom. The maximum absolute atomic E-state index is 13.4. The number of hydrogen-bond donors (Lipinski definition) is 0. The molecule has 8 heteroatoms. The minimum atomic E-state index is -4.59. The average Bonchev–Trinajstić information content (AvgIpc) is 3.40. The summed E-state index contributed by atoms with van der Waals surface area (Å²) in [5.74, 6) is -2.96. The number of rotatable bonds is 3. The van der Waals surface area contributed by atoms with Gasteiger partial charge in [0, 0.05) is 11.6 Å². The highest BCUT2D eigenvalue weighted by Gasteiger charge is 2.64. The standard InChI is InChI=1S/C23H19F3N2O3/c24-23(25,26)14-8-4-9-15(12-14)28-21(30)17-16-10-5-11-27(16)19(18(17)22(28)31)20(29)13-6-2-1-3-7-13/h1-4,6-9,12,16-19H,5,10-11H2/t16-,17-,18+,19+/m1/s1. The Morgan fingerprint density at radius 1 is 0.935 bits per heavy atom. The van der Waals surface area contributed by atoms with E-state index in [9.17, 15) is 27.6 Å². The molecule has 0 unspecified atom stereocenters. The van der Waals surface area contributed by atoms with Crippen LogP contribution in [-0.2, 0) is 15.8 Å². The number of alkyl halides is 3. The van der Waals surface area contributed by atoms with Crippen LogP contribution in [-0.4, -0.2) is 41.1 Å². The summed E-state index contributed by atoms with van der Waals surface area (Å²) in [6.07, 6.45) is -3.11. The zero-order chi connectivity index (χ0) is 21.9. The largest absolute Gasteiger partial charge is 0.416 e. The first-order valence-electron chi connectivity index (χ1n) is 10.2. The van der Waals surface area contributed by atoms with Crippen molar-refractivity contribution in [3.05, 3.63) is 65.7 Å². The summed E-state index contributed by atoms with van der Waals surface area (Å²) in [6, 6.07) is 11.8. The number of Topliss-reactive ketones (excluding diaryl/α,β-unsaturated/α-hetero) is 1. The number of nitrogens with zero attached hydrogens (tertiary/aromatic N) is 2. The molecule has 0 radical (unpaired) electrons. The summed E-state index contributed by atoms with van der Waals surface area (Å²) >= 11 is 0. The molecule has 0 spiro atoms. The van der Waals surface area contributed by atoms with Gasteiger partial charge in [-0.05, 0) is 37.6 Å². The summed E-state index contributed by atoms with van der Waals surface area (Å²) in [5, 5.41) is 0. The van der Waals surface area contributed by atoms with Crippen LogP contribution in [0.5, 0.6) is 0 Å². The number of ketones is 1. The maximum Gasteiger partial charge on any atom is 0.416 e. The molecule has 31 heavy (non-hydrogen) atoms. The molecule has 0 saturated carbocycles. The van der Waals surface area contributed by atoms with E-state index in [0.717, 1.165) is 23.5 Å². The summed E-state index contributed by atoms with van der Waals surface area (Å²) in [5.41, 5.74) is -0.576. The minimum absolute atomic E-state index is 0.102. The highest BCUT2D eigenvalue weighted by molar-refractivity contribution is 6.24. The van der Waals surface area contributed by atoms with E-state index in [-0.39, 0.29) is 17.5 Å². The fourth-order valence-corrected chi connectivity index (χ4v) is 5.36.